The molecule has 32 heavy (non-hydrogen) atoms. The Morgan fingerprint density at radius 2 is 2.06 bits per heavy atom. The Kier molecular flexibility index (Phi) is 5.56. The van der Waals surface area contributed by atoms with Gasteiger partial charge in [-0.25, -0.2) is 13.4 Å². The van der Waals surface area contributed by atoms with Gasteiger partial charge in [-0.15, -0.1) is 0 Å². The van der Waals surface area contributed by atoms with E-state index in [4.69, 9.17) is 16.0 Å². The quantitative estimate of drug-likeness (QED) is 0.341. The number of nitriles is 1. The van der Waals surface area contributed by atoms with Crippen LogP contribution in [0.15, 0.2) is 62.3 Å². The third-order valence-electron chi connectivity index (χ3n) is 4.43. The third-order valence-corrected chi connectivity index (χ3v) is 6.71. The van der Waals surface area contributed by atoms with Crippen molar-refractivity contribution in [2.24, 2.45) is 0 Å². The first-order valence-electron chi connectivity index (χ1n) is 8.90. The highest BCUT2D eigenvalue weighted by atomic mass is 35.5. The SMILES string of the molecule is CS(=O)(=O)c1ccc2nc(NC(=O)/C(C#N)=C/c3coc4ccc(Cl)cc4c3=O)sc2c1. The predicted octanol–water partition coefficient (Wildman–Crippen LogP) is 4.01. The van der Waals surface area contributed by atoms with Crippen molar-refractivity contribution in [1.82, 2.24) is 4.98 Å². The van der Waals surface area contributed by atoms with Crippen molar-refractivity contribution in [3.63, 3.8) is 0 Å². The molecule has 2 aromatic carbocycles. The molecule has 0 saturated carbocycles. The van der Waals surface area contributed by atoms with Gasteiger partial charge in [0.15, 0.2) is 20.4 Å². The molecular weight excluding hydrogens is 474 g/mol. The fourth-order valence-corrected chi connectivity index (χ4v) is 4.67. The Morgan fingerprint density at radius 1 is 1.28 bits per heavy atom. The van der Waals surface area contributed by atoms with Crippen LogP contribution in [0.25, 0.3) is 27.3 Å². The van der Waals surface area contributed by atoms with Crippen molar-refractivity contribution in [2.45, 2.75) is 4.90 Å². The normalized spacial score (nSPS) is 12.1. The van der Waals surface area contributed by atoms with Crippen molar-refractivity contribution < 1.29 is 17.6 Å². The summed E-state index contributed by atoms with van der Waals surface area (Å²) in [6.45, 7) is 0. The molecule has 2 aromatic heterocycles. The molecule has 11 heteroatoms. The van der Waals surface area contributed by atoms with Crippen LogP contribution in [0, 0.1) is 11.3 Å². The van der Waals surface area contributed by atoms with E-state index in [1.54, 1.807) is 18.2 Å². The number of nitrogens with zero attached hydrogens (tertiary/aromatic N) is 2. The number of carbonyl (C=O) groups is 1. The topological polar surface area (TPSA) is 130 Å². The predicted molar refractivity (Wildman–Crippen MR) is 122 cm³/mol. The van der Waals surface area contributed by atoms with Gasteiger partial charge in [-0.2, -0.15) is 5.26 Å². The van der Waals surface area contributed by atoms with E-state index >= 15 is 0 Å². The molecule has 8 nitrogen and oxygen atoms in total. The van der Waals surface area contributed by atoms with E-state index in [2.05, 4.69) is 10.3 Å². The first-order valence-corrected chi connectivity index (χ1v) is 12.0. The van der Waals surface area contributed by atoms with Crippen LogP contribution in [0.2, 0.25) is 5.02 Å². The number of anilines is 1. The minimum absolute atomic E-state index is 0.00793. The van der Waals surface area contributed by atoms with Crippen molar-refractivity contribution >= 4 is 71.1 Å². The van der Waals surface area contributed by atoms with E-state index in [1.165, 1.54) is 24.3 Å². The van der Waals surface area contributed by atoms with Gasteiger partial charge in [0.25, 0.3) is 5.91 Å². The van der Waals surface area contributed by atoms with Crippen molar-refractivity contribution in [3.8, 4) is 6.07 Å². The van der Waals surface area contributed by atoms with E-state index in [-0.39, 0.29) is 26.5 Å². The maximum atomic E-state index is 12.7. The number of nitrogens with one attached hydrogen (secondary N) is 1. The molecule has 0 aliphatic rings. The van der Waals surface area contributed by atoms with E-state index in [0.717, 1.165) is 29.9 Å². The van der Waals surface area contributed by atoms with Gasteiger partial charge in [0.1, 0.15) is 23.5 Å². The van der Waals surface area contributed by atoms with Crippen molar-refractivity contribution in [1.29, 1.82) is 5.26 Å². The number of hydrogen-bond donors (Lipinski definition) is 1. The Morgan fingerprint density at radius 3 is 2.78 bits per heavy atom. The van der Waals surface area contributed by atoms with Crippen LogP contribution >= 0.6 is 22.9 Å². The summed E-state index contributed by atoms with van der Waals surface area (Å²) in [6.07, 6.45) is 3.38. The number of halogens is 1. The van der Waals surface area contributed by atoms with Crippen LogP contribution < -0.4 is 10.7 Å². The molecule has 1 N–H and O–H groups in total. The molecule has 4 aromatic rings. The Hall–Kier alpha value is -3.52. The number of rotatable bonds is 4. The average molecular weight is 486 g/mol. The molecule has 2 heterocycles. The van der Waals surface area contributed by atoms with Crippen LogP contribution in [0.4, 0.5) is 5.13 Å². The summed E-state index contributed by atoms with van der Waals surface area (Å²) < 4.78 is 29.4. The van der Waals surface area contributed by atoms with Gasteiger partial charge in [-0.3, -0.25) is 14.9 Å². The Labute approximate surface area is 190 Å². The molecule has 0 saturated heterocycles. The van der Waals surface area contributed by atoms with E-state index < -0.39 is 21.2 Å². The lowest BCUT2D eigenvalue weighted by Crippen LogP contribution is -2.14. The zero-order valence-electron chi connectivity index (χ0n) is 16.2. The minimum Gasteiger partial charge on any atom is -0.463 e. The van der Waals surface area contributed by atoms with Gasteiger partial charge in [0.05, 0.1) is 26.1 Å². The molecule has 1 amide bonds. The van der Waals surface area contributed by atoms with Gasteiger partial charge >= 0.3 is 0 Å². The number of hydrogen-bond acceptors (Lipinski definition) is 8. The minimum atomic E-state index is -3.39. The second-order valence-corrected chi connectivity index (χ2v) is 10.2. The van der Waals surface area contributed by atoms with E-state index in [1.807, 2.05) is 0 Å². The number of aromatic nitrogens is 1. The van der Waals surface area contributed by atoms with Crippen LogP contribution in [-0.4, -0.2) is 25.6 Å². The number of thiazole rings is 1. The lowest BCUT2D eigenvalue weighted by molar-refractivity contribution is -0.112. The second-order valence-electron chi connectivity index (χ2n) is 6.71. The summed E-state index contributed by atoms with van der Waals surface area (Å²) in [7, 11) is -3.39. The molecule has 4 rings (SSSR count). The first kappa shape index (κ1) is 21.7. The van der Waals surface area contributed by atoms with Crippen LogP contribution in [0.3, 0.4) is 0 Å². The highest BCUT2D eigenvalue weighted by Gasteiger charge is 2.16. The molecule has 0 aliphatic carbocycles. The molecular formula is C21H12ClN3O5S2. The fraction of sp³-hybridized carbons (Fsp3) is 0.0476. The van der Waals surface area contributed by atoms with Gasteiger partial charge in [0, 0.05) is 11.3 Å². The van der Waals surface area contributed by atoms with Gasteiger partial charge < -0.3 is 4.42 Å². The largest absolute Gasteiger partial charge is 0.463 e. The summed E-state index contributed by atoms with van der Waals surface area (Å²) in [5.41, 5.74) is 0.0422. The molecule has 0 bridgehead atoms. The maximum absolute atomic E-state index is 12.7. The average Bonchev–Trinajstić information content (AvgIpc) is 3.14. The molecule has 160 valence electrons. The summed E-state index contributed by atoms with van der Waals surface area (Å²) in [5.74, 6) is -0.777. The van der Waals surface area contributed by atoms with Crippen molar-refractivity contribution in [3.05, 3.63) is 69.0 Å². The molecule has 0 unspecified atom stereocenters. The maximum Gasteiger partial charge on any atom is 0.268 e. The third kappa shape index (κ3) is 4.27. The molecule has 0 spiro atoms. The number of fused-ring (bicyclic) bond motifs is 2. The fourth-order valence-electron chi connectivity index (χ4n) is 2.88. The Balaban J connectivity index is 1.66. The monoisotopic (exact) mass is 485 g/mol. The zero-order chi connectivity index (χ0) is 23.0. The van der Waals surface area contributed by atoms with Gasteiger partial charge in [-0.1, -0.05) is 22.9 Å². The number of benzene rings is 2. The van der Waals surface area contributed by atoms with Crippen LogP contribution in [0.5, 0.6) is 0 Å². The number of amides is 1. The van der Waals surface area contributed by atoms with Crippen LogP contribution in [-0.2, 0) is 14.6 Å². The highest BCUT2D eigenvalue weighted by Crippen LogP contribution is 2.28. The first-order chi connectivity index (χ1) is 15.2. The zero-order valence-corrected chi connectivity index (χ0v) is 18.6. The summed E-state index contributed by atoms with van der Waals surface area (Å²) >= 11 is 6.99. The summed E-state index contributed by atoms with van der Waals surface area (Å²) in [4.78, 5) is 29.6. The standard InChI is InChI=1S/C21H12ClN3O5S2/c1-32(28,29)14-3-4-16-18(8-14)31-21(24-16)25-20(27)11(9-23)6-12-10-30-17-5-2-13(22)7-15(17)19(12)26/h2-8,10H,1H3,(H,24,25,27)/b11-6+. The lowest BCUT2D eigenvalue weighted by Gasteiger charge is -2.01. The smallest absolute Gasteiger partial charge is 0.268 e. The Bertz CT molecular complexity index is 1650. The number of carbonyl (C=O) groups excluding carboxylic acids is 1. The van der Waals surface area contributed by atoms with Crippen molar-refractivity contribution in [2.75, 3.05) is 11.6 Å². The molecule has 0 radical (unpaired) electrons. The molecule has 0 atom stereocenters. The summed E-state index contributed by atoms with van der Waals surface area (Å²) in [5, 5.41) is 12.7. The molecule has 0 aliphatic heterocycles. The lowest BCUT2D eigenvalue weighted by atomic mass is 10.1. The van der Waals surface area contributed by atoms with Crippen LogP contribution in [0.1, 0.15) is 5.56 Å². The number of sulfone groups is 1. The summed E-state index contributed by atoms with van der Waals surface area (Å²) in [6, 6.07) is 10.7. The second kappa shape index (κ2) is 8.20. The van der Waals surface area contributed by atoms with Gasteiger partial charge in [0.2, 0.25) is 0 Å². The van der Waals surface area contributed by atoms with E-state index in [0.29, 0.717) is 20.8 Å². The van der Waals surface area contributed by atoms with E-state index in [9.17, 15) is 23.3 Å². The molecule has 0 fully saturated rings. The van der Waals surface area contributed by atoms with Gasteiger partial charge in [-0.05, 0) is 42.5 Å². The highest BCUT2D eigenvalue weighted by molar-refractivity contribution is 7.90.